The molecular weight excluding hydrogens is 498 g/mol. The number of thioether (sulfide) groups is 1. The minimum Gasteiger partial charge on any atom is -0.508 e. The minimum atomic E-state index is -0.534. The third-order valence-corrected chi connectivity index (χ3v) is 7.38. The van der Waals surface area contributed by atoms with Crippen LogP contribution in [0.5, 0.6) is 11.5 Å². The molecule has 1 amide bonds. The minimum absolute atomic E-state index is 0.149. The zero-order valence-corrected chi connectivity index (χ0v) is 22.5. The van der Waals surface area contributed by atoms with Gasteiger partial charge in [0.15, 0.2) is 0 Å². The van der Waals surface area contributed by atoms with Crippen LogP contribution in [0.15, 0.2) is 83.2 Å². The molecule has 0 spiro atoms. The van der Waals surface area contributed by atoms with Gasteiger partial charge in [-0.2, -0.15) is 4.98 Å². The van der Waals surface area contributed by atoms with Crippen molar-refractivity contribution >= 4 is 29.3 Å². The lowest BCUT2D eigenvalue weighted by Gasteiger charge is -2.28. The van der Waals surface area contributed by atoms with Gasteiger partial charge in [0.2, 0.25) is 11.1 Å². The molecule has 8 nitrogen and oxygen atoms in total. The van der Waals surface area contributed by atoms with Crippen molar-refractivity contribution in [2.75, 3.05) is 17.7 Å². The number of phenols is 1. The van der Waals surface area contributed by atoms with Crippen LogP contribution in [-0.2, 0) is 10.5 Å². The molecule has 4 aromatic rings. The molecule has 38 heavy (non-hydrogen) atoms. The first-order valence-corrected chi connectivity index (χ1v) is 13.2. The van der Waals surface area contributed by atoms with Gasteiger partial charge in [0.1, 0.15) is 17.5 Å². The molecular formula is C29H29N5O3S. The number of methoxy groups -OCH3 is 1. The molecule has 3 aromatic carbocycles. The number of hydrogen-bond donors (Lipinski definition) is 3. The molecule has 0 bridgehead atoms. The van der Waals surface area contributed by atoms with Gasteiger partial charge in [-0.05, 0) is 73.9 Å². The summed E-state index contributed by atoms with van der Waals surface area (Å²) in [6, 6.07) is 19.9. The highest BCUT2D eigenvalue weighted by Crippen LogP contribution is 2.37. The first-order valence-electron chi connectivity index (χ1n) is 12.2. The summed E-state index contributed by atoms with van der Waals surface area (Å²) in [4.78, 5) is 18.3. The number of nitrogens with one attached hydrogen (secondary N) is 2. The van der Waals surface area contributed by atoms with E-state index >= 15 is 0 Å². The number of phenolic OH excluding ortho intramolecular Hbond substituents is 1. The fourth-order valence-corrected chi connectivity index (χ4v) is 5.38. The highest BCUT2D eigenvalue weighted by atomic mass is 32.2. The number of carbonyl (C=O) groups is 1. The van der Waals surface area contributed by atoms with Crippen molar-refractivity contribution in [3.63, 3.8) is 0 Å². The van der Waals surface area contributed by atoms with E-state index < -0.39 is 6.04 Å². The molecule has 3 N–H and O–H groups in total. The lowest BCUT2D eigenvalue weighted by atomic mass is 9.95. The summed E-state index contributed by atoms with van der Waals surface area (Å²) in [5.41, 5.74) is 6.33. The molecule has 0 radical (unpaired) electrons. The van der Waals surface area contributed by atoms with E-state index in [0.29, 0.717) is 33.8 Å². The van der Waals surface area contributed by atoms with Crippen molar-refractivity contribution in [2.45, 2.75) is 37.7 Å². The number of allylic oxidation sites excluding steroid dienone is 1. The van der Waals surface area contributed by atoms with E-state index in [2.05, 4.69) is 42.7 Å². The molecule has 1 aliphatic heterocycles. The monoisotopic (exact) mass is 527 g/mol. The van der Waals surface area contributed by atoms with Gasteiger partial charge < -0.3 is 20.5 Å². The van der Waals surface area contributed by atoms with Gasteiger partial charge in [-0.25, -0.2) is 4.68 Å². The van der Waals surface area contributed by atoms with Crippen molar-refractivity contribution in [3.8, 4) is 11.5 Å². The molecule has 0 unspecified atom stereocenters. The van der Waals surface area contributed by atoms with Gasteiger partial charge in [-0.1, -0.05) is 47.7 Å². The second-order valence-electron chi connectivity index (χ2n) is 9.22. The van der Waals surface area contributed by atoms with Crippen LogP contribution in [0.25, 0.3) is 0 Å². The maximum atomic E-state index is 13.6. The topological polar surface area (TPSA) is 101 Å². The molecule has 0 aliphatic carbocycles. The average molecular weight is 528 g/mol. The fraction of sp³-hybridized carbons (Fsp3) is 0.207. The van der Waals surface area contributed by atoms with E-state index in [9.17, 15) is 9.90 Å². The lowest BCUT2D eigenvalue weighted by molar-refractivity contribution is -0.113. The maximum Gasteiger partial charge on any atom is 0.255 e. The van der Waals surface area contributed by atoms with Crippen LogP contribution >= 0.6 is 11.8 Å². The SMILES string of the molecule is COc1ccc(NC(=O)C2=C(C)Nc3nc(SCc4ccc(C)cc4C)nn3[C@H]2c2ccc(O)cc2)cc1. The van der Waals surface area contributed by atoms with Crippen molar-refractivity contribution in [3.05, 3.63) is 100 Å². The van der Waals surface area contributed by atoms with Gasteiger partial charge in [-0.3, -0.25) is 4.79 Å². The number of anilines is 2. The summed E-state index contributed by atoms with van der Waals surface area (Å²) < 4.78 is 6.96. The molecule has 194 valence electrons. The predicted octanol–water partition coefficient (Wildman–Crippen LogP) is 5.83. The van der Waals surface area contributed by atoms with Gasteiger partial charge in [0, 0.05) is 17.1 Å². The van der Waals surface area contributed by atoms with Crippen molar-refractivity contribution in [1.29, 1.82) is 0 Å². The summed E-state index contributed by atoms with van der Waals surface area (Å²) >= 11 is 1.55. The number of hydrogen-bond acceptors (Lipinski definition) is 7. The first-order chi connectivity index (χ1) is 18.3. The zero-order chi connectivity index (χ0) is 26.8. The molecule has 1 aliphatic rings. The van der Waals surface area contributed by atoms with Gasteiger partial charge in [0.05, 0.1) is 12.7 Å². The number of ether oxygens (including phenoxy) is 1. The van der Waals surface area contributed by atoms with E-state index in [4.69, 9.17) is 14.8 Å². The summed E-state index contributed by atoms with van der Waals surface area (Å²) in [6.45, 7) is 6.05. The van der Waals surface area contributed by atoms with Gasteiger partial charge >= 0.3 is 0 Å². The van der Waals surface area contributed by atoms with E-state index in [1.165, 1.54) is 16.7 Å². The van der Waals surface area contributed by atoms with Gasteiger partial charge in [-0.15, -0.1) is 5.10 Å². The Morgan fingerprint density at radius 3 is 2.50 bits per heavy atom. The Kier molecular flexibility index (Phi) is 7.11. The molecule has 0 saturated heterocycles. The molecule has 5 rings (SSSR count). The highest BCUT2D eigenvalue weighted by Gasteiger charge is 2.34. The van der Waals surface area contributed by atoms with Crippen LogP contribution in [0.1, 0.15) is 35.2 Å². The van der Waals surface area contributed by atoms with E-state index in [-0.39, 0.29) is 11.7 Å². The second-order valence-corrected chi connectivity index (χ2v) is 10.2. The number of carbonyl (C=O) groups excluding carboxylic acids is 1. The number of aromatic hydroxyl groups is 1. The van der Waals surface area contributed by atoms with Gasteiger partial charge in [0.25, 0.3) is 5.91 Å². The molecule has 1 aromatic heterocycles. The predicted molar refractivity (Wildman–Crippen MR) is 150 cm³/mol. The van der Waals surface area contributed by atoms with Crippen LogP contribution in [0, 0.1) is 13.8 Å². The average Bonchev–Trinajstić information content (AvgIpc) is 3.30. The third kappa shape index (κ3) is 5.24. The fourth-order valence-electron chi connectivity index (χ4n) is 4.47. The number of nitrogens with zero attached hydrogens (tertiary/aromatic N) is 3. The Morgan fingerprint density at radius 2 is 1.82 bits per heavy atom. The highest BCUT2D eigenvalue weighted by molar-refractivity contribution is 7.98. The first kappa shape index (κ1) is 25.4. The number of aryl methyl sites for hydroxylation is 2. The Labute approximate surface area is 225 Å². The molecule has 9 heteroatoms. The standard InChI is InChI=1S/C29H29N5O3S/c1-17-5-6-21(18(2)15-17)16-38-29-32-28-30-19(3)25(27(36)31-22-9-13-24(37-4)14-10-22)26(34(28)33-29)20-7-11-23(35)12-8-20/h5-15,26,35H,16H2,1-4H3,(H,31,36)(H,30,32,33)/t26-/m0/s1. The second kappa shape index (κ2) is 10.6. The van der Waals surface area contributed by atoms with Crippen LogP contribution in [0.2, 0.25) is 0 Å². The van der Waals surface area contributed by atoms with Crippen LogP contribution in [-0.4, -0.2) is 32.9 Å². The van der Waals surface area contributed by atoms with Crippen LogP contribution < -0.4 is 15.4 Å². The zero-order valence-electron chi connectivity index (χ0n) is 21.6. The Morgan fingerprint density at radius 1 is 1.08 bits per heavy atom. The normalized spacial score (nSPS) is 14.6. The third-order valence-electron chi connectivity index (χ3n) is 6.49. The summed E-state index contributed by atoms with van der Waals surface area (Å²) in [5, 5.41) is 21.6. The number of aromatic nitrogens is 3. The number of rotatable bonds is 7. The van der Waals surface area contributed by atoms with E-state index in [1.54, 1.807) is 72.1 Å². The largest absolute Gasteiger partial charge is 0.508 e. The summed E-state index contributed by atoms with van der Waals surface area (Å²) in [6.07, 6.45) is 0. The van der Waals surface area contributed by atoms with Crippen molar-refractivity contribution < 1.29 is 14.6 Å². The van der Waals surface area contributed by atoms with E-state index in [1.807, 2.05) is 6.92 Å². The molecule has 0 fully saturated rings. The smallest absolute Gasteiger partial charge is 0.255 e. The summed E-state index contributed by atoms with van der Waals surface area (Å²) in [5.74, 6) is 1.89. The van der Waals surface area contributed by atoms with E-state index in [0.717, 1.165) is 11.3 Å². The Balaban J connectivity index is 1.46. The quantitative estimate of drug-likeness (QED) is 0.260. The number of fused-ring (bicyclic) bond motifs is 1. The summed E-state index contributed by atoms with van der Waals surface area (Å²) in [7, 11) is 1.60. The van der Waals surface area contributed by atoms with Crippen LogP contribution in [0.4, 0.5) is 11.6 Å². The maximum absolute atomic E-state index is 13.6. The van der Waals surface area contributed by atoms with Crippen LogP contribution in [0.3, 0.4) is 0 Å². The lowest BCUT2D eigenvalue weighted by Crippen LogP contribution is -2.31. The Bertz CT molecular complexity index is 1510. The van der Waals surface area contributed by atoms with Crippen molar-refractivity contribution in [1.82, 2.24) is 14.8 Å². The Hall–Kier alpha value is -4.24. The number of benzene rings is 3. The molecule has 2 heterocycles. The molecule has 1 atom stereocenters. The molecule has 0 saturated carbocycles. The van der Waals surface area contributed by atoms with Crippen molar-refractivity contribution in [2.24, 2.45) is 0 Å². The number of amides is 1.